The van der Waals surface area contributed by atoms with Crippen molar-refractivity contribution < 1.29 is 21.2 Å². The van der Waals surface area contributed by atoms with Crippen molar-refractivity contribution in [3.63, 3.8) is 0 Å². The van der Waals surface area contributed by atoms with E-state index in [1.54, 1.807) is 6.92 Å². The van der Waals surface area contributed by atoms with Gasteiger partial charge in [-0.3, -0.25) is 4.52 Å². The maximum Gasteiger partial charge on any atom is 0.515 e. The zero-order chi connectivity index (χ0) is 8.04. The van der Waals surface area contributed by atoms with E-state index in [9.17, 15) is 9.09 Å². The maximum absolute atomic E-state index is 11.3. The summed E-state index contributed by atoms with van der Waals surface area (Å²) in [4.78, 5) is 0. The molecule has 4 nitrogen and oxygen atoms in total. The molecule has 0 rings (SSSR count). The SMILES string of the molecule is CCCOP(=O)(OF)OI. The highest BCUT2D eigenvalue weighted by Crippen LogP contribution is 2.51. The second-order valence-corrected chi connectivity index (χ2v) is 4.03. The van der Waals surface area contributed by atoms with Crippen molar-refractivity contribution in [1.29, 1.82) is 0 Å². The Morgan fingerprint density at radius 1 is 1.70 bits per heavy atom. The Morgan fingerprint density at radius 2 is 2.30 bits per heavy atom. The van der Waals surface area contributed by atoms with Crippen molar-refractivity contribution in [3.8, 4) is 0 Å². The zero-order valence-electron chi connectivity index (χ0n) is 5.25. The van der Waals surface area contributed by atoms with Crippen LogP contribution in [-0.2, 0) is 16.7 Å². The van der Waals surface area contributed by atoms with Crippen LogP contribution in [0, 0.1) is 0 Å². The fourth-order valence-electron chi connectivity index (χ4n) is 0.254. The third-order valence-corrected chi connectivity index (χ3v) is 2.91. The number of rotatable bonds is 5. The number of halogens is 2. The van der Waals surface area contributed by atoms with Crippen LogP contribution in [0.15, 0.2) is 0 Å². The minimum atomic E-state index is -3.88. The van der Waals surface area contributed by atoms with Gasteiger partial charge in [-0.1, -0.05) is 11.7 Å². The first-order chi connectivity index (χ1) is 4.68. The molecule has 0 heterocycles. The summed E-state index contributed by atoms with van der Waals surface area (Å²) in [5.41, 5.74) is 0. The van der Waals surface area contributed by atoms with E-state index in [0.29, 0.717) is 6.42 Å². The average Bonchev–Trinajstić information content (AvgIpc) is 2.00. The van der Waals surface area contributed by atoms with Gasteiger partial charge in [0.25, 0.3) is 0 Å². The van der Waals surface area contributed by atoms with Gasteiger partial charge in [0.05, 0.1) is 6.61 Å². The highest BCUT2D eigenvalue weighted by Gasteiger charge is 2.26. The molecule has 0 aromatic heterocycles. The van der Waals surface area contributed by atoms with Crippen LogP contribution in [0.3, 0.4) is 0 Å². The fourth-order valence-corrected chi connectivity index (χ4v) is 1.28. The first-order valence-corrected chi connectivity index (χ1v) is 4.88. The Hall–Kier alpha value is 0.770. The third-order valence-electron chi connectivity index (χ3n) is 0.623. The molecule has 0 amide bonds. The Kier molecular flexibility index (Phi) is 5.84. The number of hydrogen-bond acceptors (Lipinski definition) is 4. The van der Waals surface area contributed by atoms with Crippen molar-refractivity contribution in [2.75, 3.05) is 6.61 Å². The molecular formula is C3H7FIO4P. The molecule has 10 heavy (non-hydrogen) atoms. The molecule has 1 unspecified atom stereocenters. The van der Waals surface area contributed by atoms with Gasteiger partial charge < -0.3 is 0 Å². The maximum atomic E-state index is 11.3. The molecule has 0 aliphatic heterocycles. The molecule has 7 heteroatoms. The Bertz CT molecular complexity index is 124. The van der Waals surface area contributed by atoms with Gasteiger partial charge in [-0.05, 0) is 10.9 Å². The molecule has 0 aliphatic rings. The van der Waals surface area contributed by atoms with Gasteiger partial charge >= 0.3 is 7.82 Å². The van der Waals surface area contributed by atoms with Gasteiger partial charge in [0.2, 0.25) is 0 Å². The lowest BCUT2D eigenvalue weighted by Crippen LogP contribution is -1.91. The van der Waals surface area contributed by atoms with E-state index < -0.39 is 7.82 Å². The Labute approximate surface area is 72.2 Å². The van der Waals surface area contributed by atoms with E-state index in [1.165, 1.54) is 23.0 Å². The van der Waals surface area contributed by atoms with E-state index in [4.69, 9.17) is 0 Å². The van der Waals surface area contributed by atoms with Crippen LogP contribution in [0.25, 0.3) is 0 Å². The molecular weight excluding hydrogens is 277 g/mol. The summed E-state index contributed by atoms with van der Waals surface area (Å²) in [6.07, 6.45) is 0.618. The molecule has 0 fully saturated rings. The molecule has 0 radical (unpaired) electrons. The Morgan fingerprint density at radius 3 is 2.60 bits per heavy atom. The van der Waals surface area contributed by atoms with Gasteiger partial charge in [0.1, 0.15) is 23.0 Å². The third kappa shape index (κ3) is 3.82. The summed E-state index contributed by atoms with van der Waals surface area (Å²) in [6, 6.07) is 0. The largest absolute Gasteiger partial charge is 0.515 e. The second kappa shape index (κ2) is 5.42. The van der Waals surface area contributed by atoms with Crippen LogP contribution in [0.5, 0.6) is 0 Å². The zero-order valence-corrected chi connectivity index (χ0v) is 8.30. The van der Waals surface area contributed by atoms with Gasteiger partial charge in [-0.2, -0.15) is 0 Å². The predicted molar refractivity (Wildman–Crippen MR) is 41.1 cm³/mol. The summed E-state index contributed by atoms with van der Waals surface area (Å²) in [6.45, 7) is 1.93. The summed E-state index contributed by atoms with van der Waals surface area (Å²) in [7, 11) is -3.88. The van der Waals surface area contributed by atoms with Crippen LogP contribution < -0.4 is 0 Å². The summed E-state index contributed by atoms with van der Waals surface area (Å²) < 4.78 is 33.5. The van der Waals surface area contributed by atoms with Crippen LogP contribution in [0.2, 0.25) is 0 Å². The highest BCUT2D eigenvalue weighted by atomic mass is 127. The lowest BCUT2D eigenvalue weighted by molar-refractivity contribution is -0.0411. The van der Waals surface area contributed by atoms with Crippen LogP contribution >= 0.6 is 30.8 Å². The van der Waals surface area contributed by atoms with Gasteiger partial charge in [0, 0.05) is 0 Å². The molecule has 0 N–H and O–H groups in total. The van der Waals surface area contributed by atoms with Crippen LogP contribution in [0.1, 0.15) is 13.3 Å². The standard InChI is InChI=1S/C3H7FIO4P/c1-2-3-7-10(6,8-4)9-5/h2-3H2,1H3. The smallest absolute Gasteiger partial charge is 0.285 e. The first-order valence-electron chi connectivity index (χ1n) is 2.53. The summed E-state index contributed by atoms with van der Waals surface area (Å²) >= 11 is 1.25. The van der Waals surface area contributed by atoms with Gasteiger partial charge in [0.15, 0.2) is 0 Å². The lowest BCUT2D eigenvalue weighted by Gasteiger charge is -2.06. The molecule has 0 saturated carbocycles. The molecule has 0 aromatic carbocycles. The van der Waals surface area contributed by atoms with Crippen molar-refractivity contribution in [2.24, 2.45) is 0 Å². The quantitative estimate of drug-likeness (QED) is 0.575. The van der Waals surface area contributed by atoms with Crippen molar-refractivity contribution >= 4 is 30.8 Å². The van der Waals surface area contributed by atoms with E-state index >= 15 is 0 Å². The predicted octanol–water partition coefficient (Wildman–Crippen LogP) is 2.79. The lowest BCUT2D eigenvalue weighted by atomic mass is 10.5. The monoisotopic (exact) mass is 284 g/mol. The normalized spacial score (nSPS) is 16.7. The number of phosphoric acid groups is 1. The number of hydrogen-bond donors (Lipinski definition) is 0. The minimum absolute atomic E-state index is 0.143. The van der Waals surface area contributed by atoms with E-state index in [2.05, 4.69) is 12.1 Å². The van der Waals surface area contributed by atoms with Crippen LogP contribution in [-0.4, -0.2) is 6.61 Å². The van der Waals surface area contributed by atoms with Crippen molar-refractivity contribution in [2.45, 2.75) is 13.3 Å². The first kappa shape index (κ1) is 10.8. The van der Waals surface area contributed by atoms with Crippen LogP contribution in [0.4, 0.5) is 4.53 Å². The van der Waals surface area contributed by atoms with Crippen molar-refractivity contribution in [1.82, 2.24) is 0 Å². The van der Waals surface area contributed by atoms with Gasteiger partial charge in [-0.25, -0.2) is 7.42 Å². The average molecular weight is 284 g/mol. The summed E-state index contributed by atoms with van der Waals surface area (Å²) in [5.74, 6) is 0. The Balaban J connectivity index is 3.70. The minimum Gasteiger partial charge on any atom is -0.285 e. The second-order valence-electron chi connectivity index (χ2n) is 1.42. The molecule has 0 saturated heterocycles. The molecule has 0 aliphatic carbocycles. The van der Waals surface area contributed by atoms with E-state index in [0.717, 1.165) is 0 Å². The molecule has 0 aromatic rings. The summed E-state index contributed by atoms with van der Waals surface area (Å²) in [5, 5.41) is 0. The van der Waals surface area contributed by atoms with Crippen molar-refractivity contribution in [3.05, 3.63) is 0 Å². The molecule has 0 bridgehead atoms. The molecule has 0 spiro atoms. The van der Waals surface area contributed by atoms with E-state index in [1.807, 2.05) is 0 Å². The topological polar surface area (TPSA) is 44.8 Å². The van der Waals surface area contributed by atoms with Gasteiger partial charge in [-0.15, -0.1) is 0 Å². The highest BCUT2D eigenvalue weighted by molar-refractivity contribution is 14.1. The molecule has 62 valence electrons. The fraction of sp³-hybridized carbons (Fsp3) is 1.00. The van der Waals surface area contributed by atoms with E-state index in [-0.39, 0.29) is 6.61 Å². The molecule has 1 atom stereocenters.